The molecule has 1 unspecified atom stereocenters. The second-order valence-corrected chi connectivity index (χ2v) is 4.44. The van der Waals surface area contributed by atoms with E-state index >= 15 is 0 Å². The molecular formula is C13H18N2O. The van der Waals surface area contributed by atoms with E-state index in [-0.39, 0.29) is 5.91 Å². The molecule has 1 aliphatic heterocycles. The van der Waals surface area contributed by atoms with Gasteiger partial charge in [0.05, 0.1) is 5.69 Å². The molecule has 1 atom stereocenters. The molecular weight excluding hydrogens is 200 g/mol. The highest BCUT2D eigenvalue weighted by molar-refractivity contribution is 5.78. The molecule has 16 heavy (non-hydrogen) atoms. The number of fused-ring (bicyclic) bond motifs is 1. The number of nitrogens with zero attached hydrogens (tertiary/aromatic N) is 1. The second-order valence-electron chi connectivity index (χ2n) is 4.44. The summed E-state index contributed by atoms with van der Waals surface area (Å²) in [6.07, 6.45) is 1.61. The van der Waals surface area contributed by atoms with Gasteiger partial charge in [0.2, 0.25) is 5.91 Å². The number of para-hydroxylation sites is 1. The van der Waals surface area contributed by atoms with Crippen molar-refractivity contribution in [3.8, 4) is 0 Å². The quantitative estimate of drug-likeness (QED) is 0.824. The number of carbonyl (C=O) groups excluding carboxylic acids is 1. The summed E-state index contributed by atoms with van der Waals surface area (Å²) >= 11 is 0. The molecule has 1 aliphatic rings. The van der Waals surface area contributed by atoms with Gasteiger partial charge in [-0.25, -0.2) is 0 Å². The van der Waals surface area contributed by atoms with Crippen LogP contribution in [0.25, 0.3) is 0 Å². The third-order valence-electron chi connectivity index (χ3n) is 2.93. The number of hydrogen-bond donors (Lipinski definition) is 1. The van der Waals surface area contributed by atoms with Crippen LogP contribution < -0.4 is 10.4 Å². The Balaban J connectivity index is 2.23. The summed E-state index contributed by atoms with van der Waals surface area (Å²) in [6, 6.07) is 8.27. The van der Waals surface area contributed by atoms with E-state index in [1.54, 1.807) is 0 Å². The summed E-state index contributed by atoms with van der Waals surface area (Å²) in [5.41, 5.74) is 5.41. The molecule has 1 amide bonds. The molecule has 2 rings (SSSR count). The Morgan fingerprint density at radius 1 is 1.50 bits per heavy atom. The molecule has 86 valence electrons. The van der Waals surface area contributed by atoms with Crippen molar-refractivity contribution < 1.29 is 4.79 Å². The lowest BCUT2D eigenvalue weighted by molar-refractivity contribution is -0.121. The van der Waals surface area contributed by atoms with Crippen LogP contribution in [0.4, 0.5) is 5.69 Å². The van der Waals surface area contributed by atoms with E-state index in [1.165, 1.54) is 5.56 Å². The molecule has 0 bridgehead atoms. The molecule has 1 heterocycles. The predicted molar refractivity (Wildman–Crippen MR) is 65.1 cm³/mol. The van der Waals surface area contributed by atoms with Crippen molar-refractivity contribution >= 4 is 11.6 Å². The average Bonchev–Trinajstić information content (AvgIpc) is 2.28. The molecule has 1 aromatic carbocycles. The molecule has 0 radical (unpaired) electrons. The summed E-state index contributed by atoms with van der Waals surface area (Å²) in [5, 5.41) is 1.98. The lowest BCUT2D eigenvalue weighted by Gasteiger charge is -2.34. The zero-order valence-corrected chi connectivity index (χ0v) is 9.86. The molecule has 0 spiro atoms. The van der Waals surface area contributed by atoms with Crippen molar-refractivity contribution in [3.05, 3.63) is 29.8 Å². The predicted octanol–water partition coefficient (Wildman–Crippen LogP) is 2.13. The summed E-state index contributed by atoms with van der Waals surface area (Å²) in [7, 11) is 0. The number of hydrogen-bond acceptors (Lipinski definition) is 2. The van der Waals surface area contributed by atoms with Crippen LogP contribution in [-0.4, -0.2) is 12.5 Å². The smallest absolute Gasteiger partial charge is 0.238 e. The van der Waals surface area contributed by atoms with Crippen molar-refractivity contribution in [2.75, 3.05) is 11.6 Å². The lowest BCUT2D eigenvalue weighted by Crippen LogP contribution is -2.47. The highest BCUT2D eigenvalue weighted by atomic mass is 16.2. The van der Waals surface area contributed by atoms with Gasteiger partial charge in [-0.3, -0.25) is 15.2 Å². The first-order valence-electron chi connectivity index (χ1n) is 5.85. The molecule has 0 aliphatic carbocycles. The molecule has 1 aromatic rings. The molecule has 0 saturated heterocycles. The number of amides is 1. The number of benzene rings is 1. The van der Waals surface area contributed by atoms with Crippen LogP contribution in [0.15, 0.2) is 24.3 Å². The van der Waals surface area contributed by atoms with Crippen LogP contribution in [0.5, 0.6) is 0 Å². The maximum absolute atomic E-state index is 11.4. The van der Waals surface area contributed by atoms with Crippen molar-refractivity contribution in [1.29, 1.82) is 0 Å². The van der Waals surface area contributed by atoms with Crippen molar-refractivity contribution in [2.24, 2.45) is 5.92 Å². The van der Waals surface area contributed by atoms with Gasteiger partial charge in [-0.15, -0.1) is 0 Å². The van der Waals surface area contributed by atoms with Gasteiger partial charge in [0, 0.05) is 13.0 Å². The van der Waals surface area contributed by atoms with Crippen molar-refractivity contribution in [1.82, 2.24) is 5.43 Å². The van der Waals surface area contributed by atoms with E-state index < -0.39 is 0 Å². The van der Waals surface area contributed by atoms with Gasteiger partial charge in [0.15, 0.2) is 0 Å². The van der Waals surface area contributed by atoms with E-state index in [0.717, 1.165) is 18.7 Å². The Kier molecular flexibility index (Phi) is 3.13. The lowest BCUT2D eigenvalue weighted by atomic mass is 9.95. The SMILES string of the molecule is CCC(=O)NN1CC(C)Cc2ccccc21. The van der Waals surface area contributed by atoms with Crippen LogP contribution >= 0.6 is 0 Å². The Labute approximate surface area is 96.4 Å². The Morgan fingerprint density at radius 2 is 2.25 bits per heavy atom. The van der Waals surface area contributed by atoms with Gasteiger partial charge in [-0.05, 0) is 24.0 Å². The molecule has 3 nitrogen and oxygen atoms in total. The van der Waals surface area contributed by atoms with Crippen LogP contribution in [0.2, 0.25) is 0 Å². The van der Waals surface area contributed by atoms with Gasteiger partial charge < -0.3 is 0 Å². The monoisotopic (exact) mass is 218 g/mol. The standard InChI is InChI=1S/C13H18N2O/c1-3-13(16)14-15-9-10(2)8-11-6-4-5-7-12(11)15/h4-7,10H,3,8-9H2,1-2H3,(H,14,16). The van der Waals surface area contributed by atoms with Crippen molar-refractivity contribution in [3.63, 3.8) is 0 Å². The summed E-state index contributed by atoms with van der Waals surface area (Å²) in [6.45, 7) is 4.97. The number of anilines is 1. The first kappa shape index (κ1) is 11.0. The Bertz CT molecular complexity index is 389. The van der Waals surface area contributed by atoms with Crippen LogP contribution in [0.1, 0.15) is 25.8 Å². The second kappa shape index (κ2) is 4.56. The Hall–Kier alpha value is -1.51. The minimum absolute atomic E-state index is 0.0731. The zero-order valence-electron chi connectivity index (χ0n) is 9.86. The highest BCUT2D eigenvalue weighted by Crippen LogP contribution is 2.27. The topological polar surface area (TPSA) is 32.3 Å². The molecule has 1 N–H and O–H groups in total. The van der Waals surface area contributed by atoms with Gasteiger partial charge >= 0.3 is 0 Å². The Morgan fingerprint density at radius 3 is 3.00 bits per heavy atom. The average molecular weight is 218 g/mol. The minimum atomic E-state index is 0.0731. The molecule has 0 saturated carbocycles. The van der Waals surface area contributed by atoms with Crippen LogP contribution in [0, 0.1) is 5.92 Å². The number of nitrogens with one attached hydrogen (secondary N) is 1. The first-order valence-corrected chi connectivity index (χ1v) is 5.85. The molecule has 0 aromatic heterocycles. The summed E-state index contributed by atoms with van der Waals surface area (Å²) < 4.78 is 0. The molecule has 3 heteroatoms. The maximum atomic E-state index is 11.4. The van der Waals surface area contributed by atoms with E-state index in [9.17, 15) is 4.79 Å². The van der Waals surface area contributed by atoms with Gasteiger partial charge in [-0.2, -0.15) is 0 Å². The third kappa shape index (κ3) is 2.18. The fraction of sp³-hybridized carbons (Fsp3) is 0.462. The number of carbonyl (C=O) groups is 1. The van der Waals surface area contributed by atoms with E-state index in [2.05, 4.69) is 30.5 Å². The third-order valence-corrected chi connectivity index (χ3v) is 2.93. The van der Waals surface area contributed by atoms with Gasteiger partial charge in [0.25, 0.3) is 0 Å². The minimum Gasteiger partial charge on any atom is -0.285 e. The van der Waals surface area contributed by atoms with E-state index in [4.69, 9.17) is 0 Å². The first-order chi connectivity index (χ1) is 7.70. The highest BCUT2D eigenvalue weighted by Gasteiger charge is 2.21. The van der Waals surface area contributed by atoms with Gasteiger partial charge in [-0.1, -0.05) is 32.0 Å². The normalized spacial score (nSPS) is 19.1. The van der Waals surface area contributed by atoms with E-state index in [0.29, 0.717) is 12.3 Å². The fourth-order valence-electron chi connectivity index (χ4n) is 2.13. The van der Waals surface area contributed by atoms with Crippen molar-refractivity contribution in [2.45, 2.75) is 26.7 Å². The maximum Gasteiger partial charge on any atom is 0.238 e. The molecule has 0 fully saturated rings. The number of hydrazine groups is 1. The van der Waals surface area contributed by atoms with Crippen LogP contribution in [0.3, 0.4) is 0 Å². The largest absolute Gasteiger partial charge is 0.285 e. The summed E-state index contributed by atoms with van der Waals surface area (Å²) in [5.74, 6) is 0.649. The number of rotatable bonds is 2. The zero-order chi connectivity index (χ0) is 11.5. The van der Waals surface area contributed by atoms with E-state index in [1.807, 2.05) is 18.0 Å². The van der Waals surface area contributed by atoms with Gasteiger partial charge in [0.1, 0.15) is 0 Å². The fourth-order valence-corrected chi connectivity index (χ4v) is 2.13. The van der Waals surface area contributed by atoms with Crippen LogP contribution in [-0.2, 0) is 11.2 Å². The summed E-state index contributed by atoms with van der Waals surface area (Å²) in [4.78, 5) is 11.4.